The fourth-order valence-corrected chi connectivity index (χ4v) is 3.78. The highest BCUT2D eigenvalue weighted by atomic mass is 16.6. The van der Waals surface area contributed by atoms with Gasteiger partial charge in [-0.1, -0.05) is 18.7 Å². The van der Waals surface area contributed by atoms with Crippen LogP contribution in [0.15, 0.2) is 35.5 Å². The molecule has 1 aliphatic carbocycles. The molecular weight excluding hydrogens is 336 g/mol. The van der Waals surface area contributed by atoms with Gasteiger partial charge in [-0.25, -0.2) is 9.59 Å². The van der Waals surface area contributed by atoms with Gasteiger partial charge in [-0.2, -0.15) is 0 Å². The summed E-state index contributed by atoms with van der Waals surface area (Å²) >= 11 is 0. The molecule has 0 unspecified atom stereocenters. The van der Waals surface area contributed by atoms with Crippen LogP contribution in [0.5, 0.6) is 0 Å². The van der Waals surface area contributed by atoms with E-state index in [1.165, 1.54) is 0 Å². The Morgan fingerprint density at radius 3 is 2.85 bits per heavy atom. The van der Waals surface area contributed by atoms with Gasteiger partial charge in [0, 0.05) is 11.1 Å². The van der Waals surface area contributed by atoms with E-state index in [4.69, 9.17) is 14.2 Å². The van der Waals surface area contributed by atoms with Crippen LogP contribution in [0.1, 0.15) is 40.5 Å². The summed E-state index contributed by atoms with van der Waals surface area (Å²) in [6.07, 6.45) is 2.16. The van der Waals surface area contributed by atoms with E-state index in [1.54, 1.807) is 19.9 Å². The van der Waals surface area contributed by atoms with Crippen molar-refractivity contribution in [3.63, 3.8) is 0 Å². The lowest BCUT2D eigenvalue weighted by molar-refractivity contribution is -0.151. The quantitative estimate of drug-likeness (QED) is 0.351. The van der Waals surface area contributed by atoms with Gasteiger partial charge in [0.1, 0.15) is 24.4 Å². The lowest BCUT2D eigenvalue weighted by Crippen LogP contribution is -2.44. The number of hydrogen-bond donors (Lipinski definition) is 1. The molecule has 0 radical (unpaired) electrons. The van der Waals surface area contributed by atoms with Gasteiger partial charge >= 0.3 is 11.9 Å². The Morgan fingerprint density at radius 2 is 2.19 bits per heavy atom. The van der Waals surface area contributed by atoms with Gasteiger partial charge in [0.05, 0.1) is 11.5 Å². The maximum absolute atomic E-state index is 12.3. The Bertz CT molecular complexity index is 705. The van der Waals surface area contributed by atoms with Gasteiger partial charge in [0.2, 0.25) is 0 Å². The number of ether oxygens (including phenoxy) is 3. The summed E-state index contributed by atoms with van der Waals surface area (Å²) < 4.78 is 16.9. The molecule has 2 saturated heterocycles. The van der Waals surface area contributed by atoms with Crippen molar-refractivity contribution in [3.05, 3.63) is 35.5 Å². The standard InChI is InChI=1S/C20H26O6/c1-6-10(2)18(22)24-15-11(3)8-7-9-20(5)17(26-20)16-13(14(15)21)12(4)19(23)25-16/h6,8,13-17,21H,4,7,9H2,1-3,5H3/b10-6-,11-8+/t13-,14+,15-,16+,17-,20-/m1/s1. The molecule has 0 aromatic rings. The van der Waals surface area contributed by atoms with Crippen LogP contribution in [-0.4, -0.2) is 47.1 Å². The molecule has 2 aliphatic heterocycles. The number of esters is 2. The molecule has 0 saturated carbocycles. The van der Waals surface area contributed by atoms with Crippen LogP contribution >= 0.6 is 0 Å². The van der Waals surface area contributed by atoms with Gasteiger partial charge in [-0.15, -0.1) is 0 Å². The first-order valence-corrected chi connectivity index (χ1v) is 8.96. The SMILES string of the molecule is C=C1C(=O)O[C@H]2[C@H]1[C@H](O)[C@H](OC(=O)/C(C)=C\C)/C(C)=C/CC[C@@]1(C)O[C@H]21. The maximum Gasteiger partial charge on any atom is 0.334 e. The summed E-state index contributed by atoms with van der Waals surface area (Å²) in [6, 6.07) is 0. The molecule has 0 aromatic heterocycles. The molecule has 0 aromatic carbocycles. The third-order valence-corrected chi connectivity index (χ3v) is 5.72. The molecule has 1 N–H and O–H groups in total. The fourth-order valence-electron chi connectivity index (χ4n) is 3.78. The topological polar surface area (TPSA) is 85.4 Å². The van der Waals surface area contributed by atoms with Gasteiger partial charge < -0.3 is 19.3 Å². The lowest BCUT2D eigenvalue weighted by Gasteiger charge is -2.31. The molecule has 0 spiro atoms. The molecule has 6 nitrogen and oxygen atoms in total. The molecule has 2 heterocycles. The molecular formula is C20H26O6. The van der Waals surface area contributed by atoms with Gasteiger partial charge in [-0.3, -0.25) is 0 Å². The van der Waals surface area contributed by atoms with E-state index in [9.17, 15) is 14.7 Å². The minimum atomic E-state index is -1.14. The highest BCUT2D eigenvalue weighted by Crippen LogP contribution is 2.50. The van der Waals surface area contributed by atoms with Crippen LogP contribution in [0, 0.1) is 5.92 Å². The second-order valence-corrected chi connectivity index (χ2v) is 7.55. The van der Waals surface area contributed by atoms with Crippen LogP contribution in [0.2, 0.25) is 0 Å². The first kappa shape index (κ1) is 18.9. The molecule has 142 valence electrons. The lowest BCUT2D eigenvalue weighted by atomic mass is 9.81. The molecule has 6 heteroatoms. The van der Waals surface area contributed by atoms with Crippen molar-refractivity contribution in [2.75, 3.05) is 0 Å². The molecule has 0 bridgehead atoms. The van der Waals surface area contributed by atoms with Crippen LogP contribution < -0.4 is 0 Å². The second-order valence-electron chi connectivity index (χ2n) is 7.55. The number of aliphatic hydroxyl groups is 1. The Labute approximate surface area is 153 Å². The van der Waals surface area contributed by atoms with Gasteiger partial charge in [0.25, 0.3) is 0 Å². The summed E-state index contributed by atoms with van der Waals surface area (Å²) in [4.78, 5) is 24.4. The van der Waals surface area contributed by atoms with Crippen LogP contribution in [0.4, 0.5) is 0 Å². The normalized spacial score (nSPS) is 42.1. The minimum absolute atomic E-state index is 0.192. The summed E-state index contributed by atoms with van der Waals surface area (Å²) in [5.74, 6) is -1.71. The Morgan fingerprint density at radius 1 is 1.50 bits per heavy atom. The highest BCUT2D eigenvalue weighted by Gasteiger charge is 2.63. The zero-order valence-electron chi connectivity index (χ0n) is 15.7. The number of carbonyl (C=O) groups is 2. The Balaban J connectivity index is 1.96. The van der Waals surface area contributed by atoms with E-state index >= 15 is 0 Å². The van der Waals surface area contributed by atoms with Crippen LogP contribution in [-0.2, 0) is 23.8 Å². The predicted molar refractivity (Wildman–Crippen MR) is 94.1 cm³/mol. The summed E-state index contributed by atoms with van der Waals surface area (Å²) in [6.45, 7) is 11.0. The molecule has 3 aliphatic rings. The van der Waals surface area contributed by atoms with Crippen molar-refractivity contribution in [1.29, 1.82) is 0 Å². The van der Waals surface area contributed by atoms with Crippen molar-refractivity contribution in [1.82, 2.24) is 0 Å². The summed E-state index contributed by atoms with van der Waals surface area (Å²) in [7, 11) is 0. The largest absolute Gasteiger partial charge is 0.455 e. The first-order valence-electron chi connectivity index (χ1n) is 8.96. The highest BCUT2D eigenvalue weighted by molar-refractivity contribution is 5.91. The third-order valence-electron chi connectivity index (χ3n) is 5.72. The number of fused-ring (bicyclic) bond motifs is 3. The van der Waals surface area contributed by atoms with Crippen molar-refractivity contribution in [2.24, 2.45) is 5.92 Å². The fraction of sp³-hybridized carbons (Fsp3) is 0.600. The minimum Gasteiger partial charge on any atom is -0.455 e. The molecule has 0 amide bonds. The number of carbonyl (C=O) groups excluding carboxylic acids is 2. The molecule has 2 fully saturated rings. The zero-order chi connectivity index (χ0) is 19.2. The summed E-state index contributed by atoms with van der Waals surface area (Å²) in [5, 5.41) is 11.1. The second kappa shape index (κ2) is 6.67. The molecule has 6 atom stereocenters. The van der Waals surface area contributed by atoms with E-state index in [2.05, 4.69) is 6.58 Å². The van der Waals surface area contributed by atoms with Crippen molar-refractivity contribution >= 4 is 11.9 Å². The van der Waals surface area contributed by atoms with Gasteiger partial charge in [-0.05, 0) is 46.1 Å². The average molecular weight is 362 g/mol. The van der Waals surface area contributed by atoms with Crippen molar-refractivity contribution in [3.8, 4) is 0 Å². The van der Waals surface area contributed by atoms with E-state index in [0.29, 0.717) is 12.0 Å². The van der Waals surface area contributed by atoms with E-state index in [1.807, 2.05) is 19.9 Å². The van der Waals surface area contributed by atoms with Crippen LogP contribution in [0.3, 0.4) is 0 Å². The number of rotatable bonds is 2. The average Bonchev–Trinajstić information content (AvgIpc) is 3.18. The van der Waals surface area contributed by atoms with E-state index < -0.39 is 36.2 Å². The van der Waals surface area contributed by atoms with Crippen LogP contribution in [0.25, 0.3) is 0 Å². The number of epoxide rings is 1. The predicted octanol–water partition coefficient (Wildman–Crippen LogP) is 2.22. The molecule has 26 heavy (non-hydrogen) atoms. The number of aliphatic hydroxyl groups excluding tert-OH is 1. The maximum atomic E-state index is 12.3. The zero-order valence-corrected chi connectivity index (χ0v) is 15.7. The summed E-state index contributed by atoms with van der Waals surface area (Å²) in [5.41, 5.74) is 1.00. The molecule has 3 rings (SSSR count). The van der Waals surface area contributed by atoms with Crippen molar-refractivity contribution in [2.45, 2.75) is 70.6 Å². The Kier molecular flexibility index (Phi) is 4.84. The number of allylic oxidation sites excluding steroid dienone is 2. The van der Waals surface area contributed by atoms with E-state index in [-0.39, 0.29) is 17.3 Å². The Hall–Kier alpha value is -1.92. The van der Waals surface area contributed by atoms with Gasteiger partial charge in [0.15, 0.2) is 0 Å². The number of hydrogen-bond acceptors (Lipinski definition) is 6. The van der Waals surface area contributed by atoms with E-state index in [0.717, 1.165) is 12.0 Å². The van der Waals surface area contributed by atoms with Crippen molar-refractivity contribution < 1.29 is 28.9 Å². The monoisotopic (exact) mass is 362 g/mol. The smallest absolute Gasteiger partial charge is 0.334 e. The third kappa shape index (κ3) is 3.12. The first-order chi connectivity index (χ1) is 12.2.